The minimum atomic E-state index is -0.552. The Hall–Kier alpha value is -3.00. The van der Waals surface area contributed by atoms with E-state index in [0.717, 1.165) is 43.0 Å². The number of fused-ring (bicyclic) bond motifs is 3. The quantitative estimate of drug-likeness (QED) is 0.841. The second-order valence-electron chi connectivity index (χ2n) is 7.50. The lowest BCUT2D eigenvalue weighted by Gasteiger charge is -2.45. The number of hydrogen-bond donors (Lipinski definition) is 1. The Bertz CT molecular complexity index is 928. The lowest BCUT2D eigenvalue weighted by atomic mass is 9.94. The van der Waals surface area contributed by atoms with Gasteiger partial charge >= 0.3 is 6.03 Å². The molecular formula is C19H22N6O2. The minimum Gasteiger partial charge on any atom is -0.395 e. The van der Waals surface area contributed by atoms with Crippen molar-refractivity contribution in [3.05, 3.63) is 48.6 Å². The van der Waals surface area contributed by atoms with Gasteiger partial charge < -0.3 is 9.74 Å². The second-order valence-corrected chi connectivity index (χ2v) is 7.50. The van der Waals surface area contributed by atoms with Crippen molar-refractivity contribution < 1.29 is 9.63 Å². The normalized spacial score (nSPS) is 19.9. The van der Waals surface area contributed by atoms with Crippen molar-refractivity contribution in [2.45, 2.75) is 32.2 Å². The summed E-state index contributed by atoms with van der Waals surface area (Å²) in [5.41, 5.74) is 5.00. The van der Waals surface area contributed by atoms with Gasteiger partial charge in [0.25, 0.3) is 0 Å². The summed E-state index contributed by atoms with van der Waals surface area (Å²) in [4.78, 5) is 27.0. The number of nitrogens with zero attached hydrogens (tertiary/aromatic N) is 5. The molecule has 0 radical (unpaired) electrons. The van der Waals surface area contributed by atoms with Gasteiger partial charge in [0.15, 0.2) is 0 Å². The molecule has 1 aromatic carbocycles. The highest BCUT2D eigenvalue weighted by atomic mass is 16.7. The Morgan fingerprint density at radius 3 is 2.63 bits per heavy atom. The zero-order chi connectivity index (χ0) is 18.6. The number of carbonyl (C=O) groups is 1. The predicted molar refractivity (Wildman–Crippen MR) is 101 cm³/mol. The predicted octanol–water partition coefficient (Wildman–Crippen LogP) is 2.87. The van der Waals surface area contributed by atoms with Crippen molar-refractivity contribution in [1.82, 2.24) is 20.0 Å². The molecule has 4 heterocycles. The maximum absolute atomic E-state index is 13.4. The number of imidazole rings is 1. The molecule has 0 atom stereocenters. The molecule has 8 heteroatoms. The Balaban J connectivity index is 1.68. The fourth-order valence-electron chi connectivity index (χ4n) is 4.15. The molecule has 5 rings (SSSR count). The van der Waals surface area contributed by atoms with Crippen LogP contribution in [0.3, 0.4) is 0 Å². The summed E-state index contributed by atoms with van der Waals surface area (Å²) in [6.45, 7) is 5.77. The van der Waals surface area contributed by atoms with Gasteiger partial charge in [-0.25, -0.2) is 14.8 Å². The molecule has 0 bridgehead atoms. The van der Waals surface area contributed by atoms with E-state index in [9.17, 15) is 4.79 Å². The average molecular weight is 366 g/mol. The van der Waals surface area contributed by atoms with Crippen LogP contribution in [0.2, 0.25) is 0 Å². The third-order valence-electron chi connectivity index (χ3n) is 5.50. The number of rotatable bonds is 1. The molecule has 3 aliphatic heterocycles. The van der Waals surface area contributed by atoms with E-state index in [1.165, 1.54) is 0 Å². The van der Waals surface area contributed by atoms with Crippen LogP contribution in [-0.2, 0) is 10.4 Å². The lowest BCUT2D eigenvalue weighted by Crippen LogP contribution is -2.54. The van der Waals surface area contributed by atoms with Crippen LogP contribution in [0.15, 0.2) is 42.9 Å². The smallest absolute Gasteiger partial charge is 0.325 e. The first kappa shape index (κ1) is 16.2. The summed E-state index contributed by atoms with van der Waals surface area (Å²) < 4.78 is 2.08. The number of benzene rings is 1. The van der Waals surface area contributed by atoms with Gasteiger partial charge in [-0.1, -0.05) is 17.7 Å². The summed E-state index contributed by atoms with van der Waals surface area (Å²) in [6, 6.07) is 8.03. The van der Waals surface area contributed by atoms with Crippen LogP contribution in [0.25, 0.3) is 5.69 Å². The molecule has 1 N–H and O–H groups in total. The van der Waals surface area contributed by atoms with Gasteiger partial charge in [-0.3, -0.25) is 9.47 Å². The van der Waals surface area contributed by atoms with Gasteiger partial charge in [0, 0.05) is 13.1 Å². The number of urea groups is 1. The molecule has 2 amide bonds. The summed E-state index contributed by atoms with van der Waals surface area (Å²) in [5.74, 6) is 0.688. The van der Waals surface area contributed by atoms with Crippen LogP contribution in [-0.4, -0.2) is 33.6 Å². The van der Waals surface area contributed by atoms with Gasteiger partial charge in [-0.2, -0.15) is 0 Å². The molecule has 0 aliphatic carbocycles. The fourth-order valence-corrected chi connectivity index (χ4v) is 4.15. The van der Waals surface area contributed by atoms with Crippen molar-refractivity contribution in [2.24, 2.45) is 0 Å². The van der Waals surface area contributed by atoms with Gasteiger partial charge in [-0.15, -0.1) is 0 Å². The van der Waals surface area contributed by atoms with Crippen LogP contribution >= 0.6 is 0 Å². The van der Waals surface area contributed by atoms with Crippen LogP contribution < -0.4 is 15.5 Å². The third kappa shape index (κ3) is 2.26. The topological polar surface area (TPSA) is 65.9 Å². The first-order chi connectivity index (χ1) is 13.1. The Kier molecular flexibility index (Phi) is 3.45. The van der Waals surface area contributed by atoms with E-state index < -0.39 is 5.54 Å². The SMILES string of the molecule is CC1(C)c2cnc(N3C=CON3)n2-c2ccccc2N1C(=O)N1CCCC1. The number of carbonyl (C=O) groups excluding carboxylic acids is 1. The highest BCUT2D eigenvalue weighted by Gasteiger charge is 2.45. The Morgan fingerprint density at radius 1 is 1.19 bits per heavy atom. The third-order valence-corrected chi connectivity index (χ3v) is 5.50. The Labute approximate surface area is 157 Å². The first-order valence-corrected chi connectivity index (χ1v) is 9.23. The van der Waals surface area contributed by atoms with E-state index in [1.807, 2.05) is 40.3 Å². The summed E-state index contributed by atoms with van der Waals surface area (Å²) in [5, 5.41) is 1.72. The van der Waals surface area contributed by atoms with Crippen molar-refractivity contribution in [1.29, 1.82) is 0 Å². The van der Waals surface area contributed by atoms with Crippen LogP contribution in [0, 0.1) is 0 Å². The number of nitrogens with one attached hydrogen (secondary N) is 1. The van der Waals surface area contributed by atoms with Crippen LogP contribution in [0.4, 0.5) is 16.4 Å². The monoisotopic (exact) mass is 366 g/mol. The molecule has 2 aromatic rings. The molecule has 1 fully saturated rings. The molecule has 0 spiro atoms. The first-order valence-electron chi connectivity index (χ1n) is 9.23. The zero-order valence-corrected chi connectivity index (χ0v) is 15.4. The summed E-state index contributed by atoms with van der Waals surface area (Å²) in [6.07, 6.45) is 7.30. The van der Waals surface area contributed by atoms with Crippen LogP contribution in [0.5, 0.6) is 0 Å². The average Bonchev–Trinajstić information content (AvgIpc) is 3.41. The highest BCUT2D eigenvalue weighted by molar-refractivity contribution is 5.97. The number of likely N-dealkylation sites (tertiary alicyclic amines) is 1. The number of anilines is 2. The van der Waals surface area contributed by atoms with Gasteiger partial charge in [0.2, 0.25) is 5.95 Å². The number of hydrazine groups is 1. The molecule has 27 heavy (non-hydrogen) atoms. The van der Waals surface area contributed by atoms with Gasteiger partial charge in [0.05, 0.1) is 35.0 Å². The molecular weight excluding hydrogens is 344 g/mol. The number of hydrogen-bond acceptors (Lipinski definition) is 5. The number of para-hydroxylation sites is 2. The standard InChI is InChI=1S/C19H22N6O2/c1-19(2)16-13-20-17(23-11-12-27-21-23)24(16)14-7-3-4-8-15(14)25(19)18(26)22-9-5-6-10-22/h3-4,7-8,11-13,21H,5-6,9-10H2,1-2H3. The van der Waals surface area contributed by atoms with Gasteiger partial charge in [-0.05, 0) is 38.8 Å². The van der Waals surface area contributed by atoms with E-state index in [0.29, 0.717) is 5.95 Å². The van der Waals surface area contributed by atoms with E-state index in [1.54, 1.807) is 17.5 Å². The maximum atomic E-state index is 13.4. The van der Waals surface area contributed by atoms with Crippen molar-refractivity contribution in [3.8, 4) is 5.69 Å². The maximum Gasteiger partial charge on any atom is 0.325 e. The van der Waals surface area contributed by atoms with Crippen LogP contribution in [0.1, 0.15) is 32.4 Å². The zero-order valence-electron chi connectivity index (χ0n) is 15.4. The molecule has 1 aromatic heterocycles. The molecule has 3 aliphatic rings. The lowest BCUT2D eigenvalue weighted by molar-refractivity contribution is 0.157. The number of amides is 2. The van der Waals surface area contributed by atoms with Gasteiger partial charge in [0.1, 0.15) is 6.26 Å². The van der Waals surface area contributed by atoms with E-state index in [2.05, 4.69) is 29.0 Å². The molecule has 1 saturated heterocycles. The van der Waals surface area contributed by atoms with Crippen molar-refractivity contribution in [2.75, 3.05) is 23.0 Å². The van der Waals surface area contributed by atoms with Crippen molar-refractivity contribution >= 4 is 17.7 Å². The molecule has 0 unspecified atom stereocenters. The Morgan fingerprint density at radius 2 is 1.93 bits per heavy atom. The second kappa shape index (κ2) is 5.75. The summed E-state index contributed by atoms with van der Waals surface area (Å²) >= 11 is 0. The fraction of sp³-hybridized carbons (Fsp3) is 0.368. The highest BCUT2D eigenvalue weighted by Crippen LogP contribution is 2.45. The molecule has 140 valence electrons. The largest absolute Gasteiger partial charge is 0.395 e. The van der Waals surface area contributed by atoms with E-state index in [-0.39, 0.29) is 6.03 Å². The number of aromatic nitrogens is 2. The van der Waals surface area contributed by atoms with E-state index in [4.69, 9.17) is 4.84 Å². The minimum absolute atomic E-state index is 0.0569. The summed E-state index contributed by atoms with van der Waals surface area (Å²) in [7, 11) is 0. The molecule has 0 saturated carbocycles. The van der Waals surface area contributed by atoms with E-state index >= 15 is 0 Å². The molecule has 8 nitrogen and oxygen atoms in total. The van der Waals surface area contributed by atoms with Crippen molar-refractivity contribution in [3.63, 3.8) is 0 Å².